The maximum absolute atomic E-state index is 11.2. The van der Waals surface area contributed by atoms with Crippen molar-refractivity contribution in [3.63, 3.8) is 0 Å². The summed E-state index contributed by atoms with van der Waals surface area (Å²) < 4.78 is 5.12. The third-order valence-corrected chi connectivity index (χ3v) is 2.16. The Morgan fingerprint density at radius 2 is 2.43 bits per heavy atom. The van der Waals surface area contributed by atoms with Gasteiger partial charge < -0.3 is 4.42 Å². The van der Waals surface area contributed by atoms with Crippen LogP contribution in [-0.2, 0) is 4.79 Å². The van der Waals surface area contributed by atoms with Crippen LogP contribution >= 0.6 is 0 Å². The zero-order chi connectivity index (χ0) is 9.97. The van der Waals surface area contributed by atoms with Gasteiger partial charge in [-0.3, -0.25) is 4.79 Å². The highest BCUT2D eigenvalue weighted by atomic mass is 16.3. The van der Waals surface area contributed by atoms with Crippen LogP contribution < -0.4 is 5.43 Å². The van der Waals surface area contributed by atoms with E-state index in [-0.39, 0.29) is 11.8 Å². The minimum absolute atomic E-state index is 0.0101. The molecule has 74 valence electrons. The SMILES string of the molecule is C/C(=N/NC(=O)C1CC1)c1ccco1. The van der Waals surface area contributed by atoms with Gasteiger partial charge in [0.15, 0.2) is 0 Å². The van der Waals surface area contributed by atoms with E-state index < -0.39 is 0 Å². The van der Waals surface area contributed by atoms with Gasteiger partial charge in [-0.1, -0.05) is 0 Å². The van der Waals surface area contributed by atoms with Gasteiger partial charge in [0, 0.05) is 5.92 Å². The molecule has 4 nitrogen and oxygen atoms in total. The quantitative estimate of drug-likeness (QED) is 0.583. The fourth-order valence-electron chi connectivity index (χ4n) is 1.12. The van der Waals surface area contributed by atoms with Crippen molar-refractivity contribution in [1.29, 1.82) is 0 Å². The monoisotopic (exact) mass is 192 g/mol. The van der Waals surface area contributed by atoms with E-state index in [1.54, 1.807) is 19.3 Å². The number of hydrogen-bond acceptors (Lipinski definition) is 3. The highest BCUT2D eigenvalue weighted by Crippen LogP contribution is 2.28. The third-order valence-electron chi connectivity index (χ3n) is 2.16. The van der Waals surface area contributed by atoms with Crippen LogP contribution in [0.3, 0.4) is 0 Å². The number of furan rings is 1. The number of nitrogens with one attached hydrogen (secondary N) is 1. The minimum atomic E-state index is 0.0101. The average Bonchev–Trinajstić information content (AvgIpc) is 2.90. The number of carbonyl (C=O) groups is 1. The van der Waals surface area contributed by atoms with E-state index in [4.69, 9.17) is 4.42 Å². The van der Waals surface area contributed by atoms with Crippen LogP contribution in [0.5, 0.6) is 0 Å². The Bertz CT molecular complexity index is 350. The van der Waals surface area contributed by atoms with Gasteiger partial charge in [0.2, 0.25) is 5.91 Å². The molecule has 0 unspecified atom stereocenters. The van der Waals surface area contributed by atoms with Crippen molar-refractivity contribution in [2.24, 2.45) is 11.0 Å². The first kappa shape index (κ1) is 8.99. The Balaban J connectivity index is 1.93. The van der Waals surface area contributed by atoms with Crippen LogP contribution in [0.2, 0.25) is 0 Å². The number of hydrazone groups is 1. The zero-order valence-corrected chi connectivity index (χ0v) is 7.99. The van der Waals surface area contributed by atoms with Gasteiger partial charge in [0.25, 0.3) is 0 Å². The molecule has 0 atom stereocenters. The number of amides is 1. The minimum Gasteiger partial charge on any atom is -0.463 e. The fraction of sp³-hybridized carbons (Fsp3) is 0.400. The summed E-state index contributed by atoms with van der Waals surface area (Å²) in [6.45, 7) is 1.80. The lowest BCUT2D eigenvalue weighted by atomic mass is 10.3. The highest BCUT2D eigenvalue weighted by Gasteiger charge is 2.29. The molecule has 1 aliphatic carbocycles. The maximum atomic E-state index is 11.2. The maximum Gasteiger partial charge on any atom is 0.243 e. The molecule has 14 heavy (non-hydrogen) atoms. The smallest absolute Gasteiger partial charge is 0.243 e. The van der Waals surface area contributed by atoms with Crippen LogP contribution in [0.25, 0.3) is 0 Å². The second kappa shape index (κ2) is 3.65. The average molecular weight is 192 g/mol. The first-order valence-electron chi connectivity index (χ1n) is 4.65. The summed E-state index contributed by atoms with van der Waals surface area (Å²) in [6.07, 6.45) is 3.55. The summed E-state index contributed by atoms with van der Waals surface area (Å²) in [6, 6.07) is 3.60. The predicted octanol–water partition coefficient (Wildman–Crippen LogP) is 1.53. The largest absolute Gasteiger partial charge is 0.463 e. The topological polar surface area (TPSA) is 54.6 Å². The van der Waals surface area contributed by atoms with Crippen molar-refractivity contribution in [2.75, 3.05) is 0 Å². The molecule has 4 heteroatoms. The van der Waals surface area contributed by atoms with Gasteiger partial charge in [-0.05, 0) is 31.9 Å². The molecule has 1 aromatic heterocycles. The first-order chi connectivity index (χ1) is 6.77. The van der Waals surface area contributed by atoms with Gasteiger partial charge in [0.1, 0.15) is 11.5 Å². The lowest BCUT2D eigenvalue weighted by Crippen LogP contribution is -2.20. The molecule has 1 fully saturated rings. The Labute approximate surface area is 82.0 Å². The van der Waals surface area contributed by atoms with E-state index >= 15 is 0 Å². The van der Waals surface area contributed by atoms with E-state index in [0.29, 0.717) is 11.5 Å². The van der Waals surface area contributed by atoms with Crippen LogP contribution in [0.4, 0.5) is 0 Å². The summed E-state index contributed by atoms with van der Waals surface area (Å²) in [7, 11) is 0. The fourth-order valence-corrected chi connectivity index (χ4v) is 1.12. The van der Waals surface area contributed by atoms with Crippen molar-refractivity contribution >= 4 is 11.6 Å². The van der Waals surface area contributed by atoms with Crippen molar-refractivity contribution in [3.8, 4) is 0 Å². The second-order valence-corrected chi connectivity index (χ2v) is 3.42. The summed E-state index contributed by atoms with van der Waals surface area (Å²) >= 11 is 0. The molecule has 0 aromatic carbocycles. The molecule has 1 saturated carbocycles. The molecule has 1 amide bonds. The molecule has 0 radical (unpaired) electrons. The van der Waals surface area contributed by atoms with E-state index in [1.807, 2.05) is 6.07 Å². The van der Waals surface area contributed by atoms with Crippen molar-refractivity contribution in [1.82, 2.24) is 5.43 Å². The number of carbonyl (C=O) groups excluding carboxylic acids is 1. The molecule has 1 aliphatic rings. The second-order valence-electron chi connectivity index (χ2n) is 3.42. The standard InChI is InChI=1S/C10H12N2O2/c1-7(9-3-2-6-14-9)11-12-10(13)8-4-5-8/h2-3,6,8H,4-5H2,1H3,(H,12,13)/b11-7-. The van der Waals surface area contributed by atoms with Gasteiger partial charge in [-0.15, -0.1) is 0 Å². The highest BCUT2D eigenvalue weighted by molar-refractivity contribution is 5.96. The Hall–Kier alpha value is -1.58. The van der Waals surface area contributed by atoms with Crippen molar-refractivity contribution in [2.45, 2.75) is 19.8 Å². The lowest BCUT2D eigenvalue weighted by Gasteiger charge is -1.98. The zero-order valence-electron chi connectivity index (χ0n) is 7.99. The van der Waals surface area contributed by atoms with Gasteiger partial charge >= 0.3 is 0 Å². The molecule has 1 aromatic rings. The molecule has 0 bridgehead atoms. The molecule has 0 spiro atoms. The molecule has 1 heterocycles. The molecule has 0 saturated heterocycles. The van der Waals surface area contributed by atoms with Crippen molar-refractivity contribution in [3.05, 3.63) is 24.2 Å². The molecule has 2 rings (SSSR count). The van der Waals surface area contributed by atoms with Gasteiger partial charge in [-0.25, -0.2) is 5.43 Å². The van der Waals surface area contributed by atoms with Crippen LogP contribution in [0.15, 0.2) is 27.9 Å². The Morgan fingerprint density at radius 3 is 3.00 bits per heavy atom. The van der Waals surface area contributed by atoms with Crippen LogP contribution in [-0.4, -0.2) is 11.6 Å². The normalized spacial score (nSPS) is 16.8. The molecule has 1 N–H and O–H groups in total. The van der Waals surface area contributed by atoms with E-state index in [1.165, 1.54) is 0 Å². The summed E-state index contributed by atoms with van der Waals surface area (Å²) in [4.78, 5) is 11.2. The number of nitrogens with zero attached hydrogens (tertiary/aromatic N) is 1. The molecular weight excluding hydrogens is 180 g/mol. The summed E-state index contributed by atoms with van der Waals surface area (Å²) in [5.41, 5.74) is 3.21. The molecule has 0 aliphatic heterocycles. The number of rotatable bonds is 3. The summed E-state index contributed by atoms with van der Waals surface area (Å²) in [5.74, 6) is 0.875. The molecular formula is C10H12N2O2. The lowest BCUT2D eigenvalue weighted by molar-refractivity contribution is -0.122. The van der Waals surface area contributed by atoms with Crippen molar-refractivity contribution < 1.29 is 9.21 Å². The van der Waals surface area contributed by atoms with Crippen LogP contribution in [0, 0.1) is 5.92 Å². The van der Waals surface area contributed by atoms with E-state index in [0.717, 1.165) is 12.8 Å². The van der Waals surface area contributed by atoms with Gasteiger partial charge in [0.05, 0.1) is 6.26 Å². The predicted molar refractivity (Wildman–Crippen MR) is 51.8 cm³/mol. The Morgan fingerprint density at radius 1 is 1.64 bits per heavy atom. The van der Waals surface area contributed by atoms with E-state index in [2.05, 4.69) is 10.5 Å². The number of hydrogen-bond donors (Lipinski definition) is 1. The first-order valence-corrected chi connectivity index (χ1v) is 4.65. The third kappa shape index (κ3) is 2.02. The Kier molecular flexibility index (Phi) is 2.35. The van der Waals surface area contributed by atoms with E-state index in [9.17, 15) is 4.79 Å². The van der Waals surface area contributed by atoms with Gasteiger partial charge in [-0.2, -0.15) is 5.10 Å². The van der Waals surface area contributed by atoms with Crippen LogP contribution in [0.1, 0.15) is 25.5 Å². The summed E-state index contributed by atoms with van der Waals surface area (Å²) in [5, 5.41) is 3.95.